The first-order chi connectivity index (χ1) is 19.8. The van der Waals surface area contributed by atoms with Crippen molar-refractivity contribution in [1.82, 2.24) is 25.0 Å². The summed E-state index contributed by atoms with van der Waals surface area (Å²) >= 11 is 0. The fourth-order valence-electron chi connectivity index (χ4n) is 5.11. The lowest BCUT2D eigenvalue weighted by Gasteiger charge is -2.43. The molecular formula is C30H44N6O5. The van der Waals surface area contributed by atoms with Gasteiger partial charge in [-0.05, 0) is 44.0 Å². The Bertz CT molecular complexity index is 1160. The number of nitrogens with zero attached hydrogens (tertiary/aromatic N) is 5. The number of anilines is 1. The van der Waals surface area contributed by atoms with E-state index in [0.717, 1.165) is 55.0 Å². The largest absolute Gasteiger partial charge is 0.441 e. The molecule has 2 saturated heterocycles. The van der Waals surface area contributed by atoms with E-state index < -0.39 is 0 Å². The minimum atomic E-state index is -0.343. The summed E-state index contributed by atoms with van der Waals surface area (Å²) in [4.78, 5) is 23.2. The highest BCUT2D eigenvalue weighted by atomic mass is 16.6. The number of rotatable bonds is 11. The molecule has 0 spiro atoms. The van der Waals surface area contributed by atoms with Crippen LogP contribution in [0.3, 0.4) is 0 Å². The smallest absolute Gasteiger partial charge is 0.410 e. The van der Waals surface area contributed by atoms with Crippen molar-refractivity contribution in [3.8, 4) is 11.3 Å². The average molecular weight is 569 g/mol. The molecule has 4 heterocycles. The van der Waals surface area contributed by atoms with Gasteiger partial charge in [-0.1, -0.05) is 6.07 Å². The van der Waals surface area contributed by atoms with Crippen LogP contribution in [-0.4, -0.2) is 118 Å². The van der Waals surface area contributed by atoms with E-state index in [0.29, 0.717) is 32.3 Å². The van der Waals surface area contributed by atoms with Crippen LogP contribution in [0.4, 0.5) is 10.5 Å². The molecule has 0 saturated carbocycles. The third kappa shape index (κ3) is 7.94. The number of likely N-dealkylation sites (N-methyl/N-ethyl adjacent to an activating group) is 2. The van der Waals surface area contributed by atoms with Crippen LogP contribution in [0, 0.1) is 0 Å². The number of piperidine rings is 1. The van der Waals surface area contributed by atoms with Crippen molar-refractivity contribution < 1.29 is 23.7 Å². The number of carbonyl (C=O) groups is 1. The minimum Gasteiger partial charge on any atom is -0.441 e. The van der Waals surface area contributed by atoms with Crippen molar-refractivity contribution >= 4 is 11.8 Å². The number of methoxy groups -OCH3 is 2. The zero-order chi connectivity index (χ0) is 29.2. The topological polar surface area (TPSA) is 105 Å². The zero-order valence-electron chi connectivity index (χ0n) is 24.9. The normalized spacial score (nSPS) is 17.7. The molecule has 4 rings (SSSR count). The van der Waals surface area contributed by atoms with Crippen LogP contribution < -0.4 is 4.90 Å². The first-order valence-corrected chi connectivity index (χ1v) is 14.2. The van der Waals surface area contributed by atoms with E-state index in [1.165, 1.54) is 0 Å². The summed E-state index contributed by atoms with van der Waals surface area (Å²) in [5.74, 6) is 0. The van der Waals surface area contributed by atoms with Crippen molar-refractivity contribution in [3.05, 3.63) is 54.5 Å². The molecule has 0 unspecified atom stereocenters. The Kier molecular flexibility index (Phi) is 10.9. The average Bonchev–Trinajstić information content (AvgIpc) is 3.10. The summed E-state index contributed by atoms with van der Waals surface area (Å²) in [5.41, 5.74) is 3.42. The second-order valence-corrected chi connectivity index (χ2v) is 10.8. The summed E-state index contributed by atoms with van der Waals surface area (Å²) in [6.07, 6.45) is 6.81. The van der Waals surface area contributed by atoms with Crippen LogP contribution in [-0.2, 0) is 24.5 Å². The van der Waals surface area contributed by atoms with Gasteiger partial charge < -0.3 is 28.7 Å². The molecule has 2 aromatic rings. The van der Waals surface area contributed by atoms with E-state index in [9.17, 15) is 4.79 Å². The Labute approximate surface area is 243 Å². The van der Waals surface area contributed by atoms with E-state index in [1.807, 2.05) is 43.7 Å². The maximum atomic E-state index is 12.3. The Morgan fingerprint density at radius 2 is 1.93 bits per heavy atom. The molecule has 1 N–H and O–H groups in total. The lowest BCUT2D eigenvalue weighted by atomic mass is 9.84. The van der Waals surface area contributed by atoms with Crippen LogP contribution in [0.15, 0.2) is 48.9 Å². The summed E-state index contributed by atoms with van der Waals surface area (Å²) in [6, 6.07) is 10.5. The third-order valence-corrected chi connectivity index (χ3v) is 8.06. The van der Waals surface area contributed by atoms with Gasteiger partial charge in [-0.3, -0.25) is 15.0 Å². The molecule has 2 aliphatic heterocycles. The van der Waals surface area contributed by atoms with Gasteiger partial charge in [-0.2, -0.15) is 5.10 Å². The molecule has 0 radical (unpaired) electrons. The number of aromatic nitrogens is 3. The number of carbonyl (C=O) groups excluding carboxylic acids is 1. The minimum absolute atomic E-state index is 0.137. The van der Waals surface area contributed by atoms with E-state index in [4.69, 9.17) is 23.9 Å². The number of hydrogen-bond acceptors (Lipinski definition) is 9. The Balaban J connectivity index is 1.42. The number of aromatic amines is 1. The lowest BCUT2D eigenvalue weighted by molar-refractivity contribution is -0.103. The van der Waals surface area contributed by atoms with Crippen molar-refractivity contribution in [2.24, 2.45) is 0 Å². The standard InChI is InChI=1S/C30H44N6O5/c1-23(20-38-4)36-14-11-30(39-5,12-15-36)25-7-9-28(31-19-25)24-6-8-26(10-13-32-33-18-24)34(2)16-17-35(3)29(37)41-27-21-40-22-27/h6-10,13,18-19,23,27,33H,11-12,14-17,20-22H2,1-5H3/t23-/m1/s1. The quantitative estimate of drug-likeness (QED) is 0.436. The van der Waals surface area contributed by atoms with E-state index in [1.54, 1.807) is 32.4 Å². The molecule has 11 nitrogen and oxygen atoms in total. The van der Waals surface area contributed by atoms with Gasteiger partial charge in [0, 0.05) is 95.9 Å². The Hall–Kier alpha value is -3.25. The summed E-state index contributed by atoms with van der Waals surface area (Å²) in [6.45, 7) is 6.91. The number of amides is 1. The fraction of sp³-hybridized carbons (Fsp3) is 0.567. The number of pyridine rings is 1. The number of ether oxygens (including phenoxy) is 4. The monoisotopic (exact) mass is 568 g/mol. The van der Waals surface area contributed by atoms with E-state index in [2.05, 4.69) is 33.0 Å². The second kappa shape index (κ2) is 14.6. The molecular weight excluding hydrogens is 524 g/mol. The third-order valence-electron chi connectivity index (χ3n) is 8.06. The second-order valence-electron chi connectivity index (χ2n) is 10.8. The maximum absolute atomic E-state index is 12.3. The van der Waals surface area contributed by atoms with Crippen LogP contribution >= 0.6 is 0 Å². The number of likely N-dealkylation sites (tertiary alicyclic amines) is 1. The molecule has 2 aromatic heterocycles. The Morgan fingerprint density at radius 3 is 2.56 bits per heavy atom. The van der Waals surface area contributed by atoms with Crippen molar-refractivity contribution in [2.45, 2.75) is 37.5 Å². The summed E-state index contributed by atoms with van der Waals surface area (Å²) < 4.78 is 21.9. The SMILES string of the molecule is COC[C@@H](C)N1CCC(OC)(c2ccc(-c3ccc(N(C)CCN(C)C(=O)OC4COC4)ccn[nH]c3)nc2)CC1. The first kappa shape index (κ1) is 30.7. The molecule has 2 fully saturated rings. The highest BCUT2D eigenvalue weighted by molar-refractivity contribution is 5.67. The lowest BCUT2D eigenvalue weighted by Crippen LogP contribution is -2.48. The van der Waals surface area contributed by atoms with Crippen molar-refractivity contribution in [2.75, 3.05) is 79.2 Å². The van der Waals surface area contributed by atoms with Crippen LogP contribution in [0.2, 0.25) is 0 Å². The van der Waals surface area contributed by atoms with Gasteiger partial charge in [-0.15, -0.1) is 0 Å². The first-order valence-electron chi connectivity index (χ1n) is 14.2. The van der Waals surface area contributed by atoms with Crippen molar-refractivity contribution in [3.63, 3.8) is 0 Å². The molecule has 0 aromatic carbocycles. The van der Waals surface area contributed by atoms with Gasteiger partial charge in [0.05, 0.1) is 31.1 Å². The van der Waals surface area contributed by atoms with Gasteiger partial charge in [0.25, 0.3) is 0 Å². The Morgan fingerprint density at radius 1 is 1.15 bits per heavy atom. The number of hydrogen-bond donors (Lipinski definition) is 1. The summed E-state index contributed by atoms with van der Waals surface area (Å²) in [5, 5.41) is 7.25. The van der Waals surface area contributed by atoms with Gasteiger partial charge >= 0.3 is 6.09 Å². The fourth-order valence-corrected chi connectivity index (χ4v) is 5.11. The maximum Gasteiger partial charge on any atom is 0.410 e. The van der Waals surface area contributed by atoms with E-state index >= 15 is 0 Å². The van der Waals surface area contributed by atoms with Gasteiger partial charge in [0.2, 0.25) is 0 Å². The van der Waals surface area contributed by atoms with Gasteiger partial charge in [0.15, 0.2) is 6.10 Å². The highest BCUT2D eigenvalue weighted by Gasteiger charge is 2.37. The van der Waals surface area contributed by atoms with E-state index in [-0.39, 0.29) is 17.8 Å². The number of H-pyrrole nitrogens is 1. The van der Waals surface area contributed by atoms with Crippen molar-refractivity contribution in [1.29, 1.82) is 0 Å². The predicted octanol–water partition coefficient (Wildman–Crippen LogP) is 3.47. The van der Waals surface area contributed by atoms with Gasteiger partial charge in [-0.25, -0.2) is 4.79 Å². The molecule has 0 bridgehead atoms. The molecule has 224 valence electrons. The molecule has 1 atom stereocenters. The van der Waals surface area contributed by atoms with Crippen LogP contribution in [0.5, 0.6) is 0 Å². The molecule has 41 heavy (non-hydrogen) atoms. The molecule has 1 amide bonds. The predicted molar refractivity (Wildman–Crippen MR) is 157 cm³/mol. The highest BCUT2D eigenvalue weighted by Crippen LogP contribution is 2.37. The van der Waals surface area contributed by atoms with Crippen LogP contribution in [0.25, 0.3) is 11.3 Å². The zero-order valence-corrected chi connectivity index (χ0v) is 24.9. The molecule has 2 aliphatic rings. The van der Waals surface area contributed by atoms with Gasteiger partial charge in [0.1, 0.15) is 0 Å². The number of nitrogens with one attached hydrogen (secondary N) is 1. The molecule has 0 aliphatic carbocycles. The van der Waals surface area contributed by atoms with Crippen LogP contribution in [0.1, 0.15) is 25.3 Å². The molecule has 11 heteroatoms. The summed E-state index contributed by atoms with van der Waals surface area (Å²) in [7, 11) is 7.27.